The van der Waals surface area contributed by atoms with Crippen LogP contribution in [0.3, 0.4) is 0 Å². The van der Waals surface area contributed by atoms with Gasteiger partial charge in [0.1, 0.15) is 5.75 Å². The summed E-state index contributed by atoms with van der Waals surface area (Å²) in [7, 11) is 1.59. The number of thiocarbonyl (C=S) groups is 1. The lowest BCUT2D eigenvalue weighted by molar-refractivity contribution is -0.137. The molecule has 3 aromatic carbocycles. The smallest absolute Gasteiger partial charge is 0.416 e. The van der Waals surface area contributed by atoms with E-state index in [1.807, 2.05) is 45.9 Å². The number of hydrogen-bond donors (Lipinski definition) is 1. The SMILES string of the molecule is COc1ccc(NC(=S)N(CCc2cncn2Cc2ccc(C#N)cc2)Cc2ccc(C(F)(F)F)cc2)cc1. The third-order valence-corrected chi connectivity index (χ3v) is 6.52. The number of rotatable bonds is 9. The van der Waals surface area contributed by atoms with E-state index >= 15 is 0 Å². The third-order valence-electron chi connectivity index (χ3n) is 6.16. The Morgan fingerprint density at radius 3 is 2.31 bits per heavy atom. The molecule has 39 heavy (non-hydrogen) atoms. The largest absolute Gasteiger partial charge is 0.497 e. The van der Waals surface area contributed by atoms with E-state index in [0.29, 0.717) is 48.0 Å². The molecular weight excluding hydrogens is 523 g/mol. The summed E-state index contributed by atoms with van der Waals surface area (Å²) in [5.41, 5.74) is 3.39. The topological polar surface area (TPSA) is 66.1 Å². The van der Waals surface area contributed by atoms with Crippen LogP contribution < -0.4 is 10.1 Å². The Morgan fingerprint density at radius 2 is 1.69 bits per heavy atom. The van der Waals surface area contributed by atoms with Gasteiger partial charge in [-0.3, -0.25) is 0 Å². The van der Waals surface area contributed by atoms with E-state index in [9.17, 15) is 13.2 Å². The number of anilines is 1. The molecule has 0 spiro atoms. The summed E-state index contributed by atoms with van der Waals surface area (Å²) in [6.07, 6.45) is -0.250. The molecule has 0 aliphatic carbocycles. The van der Waals surface area contributed by atoms with E-state index in [4.69, 9.17) is 22.2 Å². The highest BCUT2D eigenvalue weighted by molar-refractivity contribution is 7.80. The Morgan fingerprint density at radius 1 is 1.03 bits per heavy atom. The van der Waals surface area contributed by atoms with Crippen LogP contribution in [0.1, 0.15) is 27.9 Å². The fraction of sp³-hybridized carbons (Fsp3) is 0.207. The number of nitriles is 1. The van der Waals surface area contributed by atoms with Crippen molar-refractivity contribution in [2.24, 2.45) is 0 Å². The minimum atomic E-state index is -4.39. The second-order valence-corrected chi connectivity index (χ2v) is 9.23. The molecule has 6 nitrogen and oxygen atoms in total. The highest BCUT2D eigenvalue weighted by atomic mass is 32.1. The van der Waals surface area contributed by atoms with Crippen molar-refractivity contribution >= 4 is 23.0 Å². The Bertz CT molecular complexity index is 1430. The summed E-state index contributed by atoms with van der Waals surface area (Å²) in [5, 5.41) is 12.7. The molecule has 200 valence electrons. The average Bonchev–Trinajstić information content (AvgIpc) is 3.38. The van der Waals surface area contributed by atoms with Crippen LogP contribution in [0, 0.1) is 11.3 Å². The van der Waals surface area contributed by atoms with Crippen molar-refractivity contribution < 1.29 is 17.9 Å². The molecule has 0 aliphatic heterocycles. The number of nitrogens with one attached hydrogen (secondary N) is 1. The molecule has 10 heteroatoms. The lowest BCUT2D eigenvalue weighted by atomic mass is 10.1. The molecule has 0 amide bonds. The maximum Gasteiger partial charge on any atom is 0.416 e. The zero-order chi connectivity index (χ0) is 27.8. The summed E-state index contributed by atoms with van der Waals surface area (Å²) in [6.45, 7) is 1.42. The summed E-state index contributed by atoms with van der Waals surface area (Å²) in [6, 6.07) is 21.9. The third kappa shape index (κ3) is 7.58. The Labute approximate surface area is 230 Å². The first-order valence-electron chi connectivity index (χ1n) is 12.1. The van der Waals surface area contributed by atoms with Gasteiger partial charge >= 0.3 is 6.18 Å². The van der Waals surface area contributed by atoms with Gasteiger partial charge in [-0.15, -0.1) is 0 Å². The molecule has 0 aliphatic rings. The van der Waals surface area contributed by atoms with Crippen molar-refractivity contribution in [3.05, 3.63) is 113 Å². The van der Waals surface area contributed by atoms with Gasteiger partial charge in [0, 0.05) is 43.6 Å². The minimum Gasteiger partial charge on any atom is -0.497 e. The van der Waals surface area contributed by atoms with Crippen LogP contribution in [0.5, 0.6) is 5.75 Å². The maximum absolute atomic E-state index is 13.0. The van der Waals surface area contributed by atoms with Crippen LogP contribution in [0.15, 0.2) is 85.3 Å². The second kappa shape index (κ2) is 12.5. The summed E-state index contributed by atoms with van der Waals surface area (Å²) >= 11 is 5.71. The lowest BCUT2D eigenvalue weighted by Gasteiger charge is -2.26. The van der Waals surface area contributed by atoms with E-state index in [2.05, 4.69) is 16.4 Å². The number of aromatic nitrogens is 2. The molecule has 0 radical (unpaired) electrons. The number of methoxy groups -OCH3 is 1. The van der Waals surface area contributed by atoms with Gasteiger partial charge in [-0.05, 0) is 71.9 Å². The predicted molar refractivity (Wildman–Crippen MR) is 147 cm³/mol. The Kier molecular flexibility index (Phi) is 8.84. The van der Waals surface area contributed by atoms with Crippen LogP contribution >= 0.6 is 12.2 Å². The van der Waals surface area contributed by atoms with Gasteiger partial charge in [0.2, 0.25) is 0 Å². The van der Waals surface area contributed by atoms with Gasteiger partial charge in [-0.2, -0.15) is 18.4 Å². The molecule has 1 heterocycles. The van der Waals surface area contributed by atoms with E-state index in [-0.39, 0.29) is 0 Å². The molecule has 0 bridgehead atoms. The zero-order valence-corrected chi connectivity index (χ0v) is 22.0. The van der Waals surface area contributed by atoms with Crippen molar-refractivity contribution in [3.63, 3.8) is 0 Å². The van der Waals surface area contributed by atoms with Crippen LogP contribution in [-0.2, 0) is 25.7 Å². The van der Waals surface area contributed by atoms with E-state index < -0.39 is 11.7 Å². The number of halogens is 3. The quantitative estimate of drug-likeness (QED) is 0.248. The predicted octanol–water partition coefficient (Wildman–Crippen LogP) is 6.27. The zero-order valence-electron chi connectivity index (χ0n) is 21.2. The molecular formula is C29H26F3N5OS. The number of benzene rings is 3. The summed E-state index contributed by atoms with van der Waals surface area (Å²) in [5.74, 6) is 0.712. The first-order valence-corrected chi connectivity index (χ1v) is 12.5. The van der Waals surface area contributed by atoms with Crippen LogP contribution in [-0.4, -0.2) is 33.2 Å². The summed E-state index contributed by atoms with van der Waals surface area (Å²) in [4.78, 5) is 6.22. The van der Waals surface area contributed by atoms with Crippen molar-refractivity contribution in [1.29, 1.82) is 5.26 Å². The van der Waals surface area contributed by atoms with Gasteiger partial charge in [-0.1, -0.05) is 24.3 Å². The van der Waals surface area contributed by atoms with E-state index in [0.717, 1.165) is 29.1 Å². The molecule has 4 rings (SSSR count). The average molecular weight is 550 g/mol. The number of ether oxygens (including phenoxy) is 1. The first kappa shape index (κ1) is 27.7. The maximum atomic E-state index is 13.0. The first-order chi connectivity index (χ1) is 18.7. The van der Waals surface area contributed by atoms with Crippen molar-refractivity contribution in [2.45, 2.75) is 25.7 Å². The number of imidazole rings is 1. The van der Waals surface area contributed by atoms with Gasteiger partial charge in [0.15, 0.2) is 5.11 Å². The Hall–Kier alpha value is -4.36. The van der Waals surface area contributed by atoms with Crippen molar-refractivity contribution in [1.82, 2.24) is 14.5 Å². The molecule has 0 saturated carbocycles. The van der Waals surface area contributed by atoms with E-state index in [1.165, 1.54) is 12.1 Å². The monoisotopic (exact) mass is 549 g/mol. The lowest BCUT2D eigenvalue weighted by Crippen LogP contribution is -2.36. The van der Waals surface area contributed by atoms with Crippen LogP contribution in [0.25, 0.3) is 0 Å². The fourth-order valence-corrected chi connectivity index (χ4v) is 4.25. The van der Waals surface area contributed by atoms with Gasteiger partial charge < -0.3 is 19.5 Å². The minimum absolute atomic E-state index is 0.323. The Balaban J connectivity index is 1.49. The van der Waals surface area contributed by atoms with Crippen LogP contribution in [0.4, 0.5) is 18.9 Å². The molecule has 0 atom stereocenters. The van der Waals surface area contributed by atoms with Crippen molar-refractivity contribution in [3.8, 4) is 11.8 Å². The van der Waals surface area contributed by atoms with Crippen molar-refractivity contribution in [2.75, 3.05) is 19.0 Å². The molecule has 0 fully saturated rings. The number of alkyl halides is 3. The molecule has 0 saturated heterocycles. The number of nitrogens with zero attached hydrogens (tertiary/aromatic N) is 4. The van der Waals surface area contributed by atoms with Gasteiger partial charge in [-0.25, -0.2) is 4.98 Å². The summed E-state index contributed by atoms with van der Waals surface area (Å²) < 4.78 is 46.4. The van der Waals surface area contributed by atoms with Crippen LogP contribution in [0.2, 0.25) is 0 Å². The number of hydrogen-bond acceptors (Lipinski definition) is 4. The molecule has 4 aromatic rings. The van der Waals surface area contributed by atoms with Gasteiger partial charge in [0.25, 0.3) is 0 Å². The molecule has 0 unspecified atom stereocenters. The fourth-order valence-electron chi connectivity index (χ4n) is 3.98. The molecule has 1 aromatic heterocycles. The van der Waals surface area contributed by atoms with Gasteiger partial charge in [0.05, 0.1) is 30.6 Å². The second-order valence-electron chi connectivity index (χ2n) is 8.85. The standard InChI is InChI=1S/C29H26F3N5OS/c1-38-27-12-10-25(11-13-27)35-28(39)36(18-23-6-8-24(9-7-23)29(30,31)32)15-14-26-17-34-20-37(26)19-22-4-2-21(16-33)3-5-22/h2-13,17,20H,14-15,18-19H2,1H3,(H,35,39). The molecule has 1 N–H and O–H groups in total. The normalized spacial score (nSPS) is 11.1. The highest BCUT2D eigenvalue weighted by Gasteiger charge is 2.30. The van der Waals surface area contributed by atoms with E-state index in [1.54, 1.807) is 31.8 Å². The highest BCUT2D eigenvalue weighted by Crippen LogP contribution is 2.29.